The molecular weight excluding hydrogens is 226 g/mol. The molecule has 0 atom stereocenters. The molecule has 1 aliphatic rings. The van der Waals surface area contributed by atoms with Crippen molar-refractivity contribution >= 4 is 0 Å². The number of nitrogens with two attached hydrogens (primary N) is 1. The topological polar surface area (TPSA) is 75.5 Å². The molecule has 2 N–H and O–H groups in total. The third-order valence-corrected chi connectivity index (χ3v) is 3.37. The van der Waals surface area contributed by atoms with Crippen molar-refractivity contribution in [3.05, 3.63) is 0 Å². The predicted octanol–water partition coefficient (Wildman–Crippen LogP) is 4.74. The molecule has 0 saturated heterocycles. The van der Waals surface area contributed by atoms with Gasteiger partial charge in [-0.1, -0.05) is 64.7 Å². The Hall–Kier alpha value is -0.840. The average molecular weight is 253 g/mol. The van der Waals surface area contributed by atoms with Crippen LogP contribution in [-0.4, -0.2) is 5.79 Å². The first kappa shape index (κ1) is 15.2. The molecule has 0 bridgehead atoms. The van der Waals surface area contributed by atoms with E-state index in [-0.39, 0.29) is 0 Å². The quantitative estimate of drug-likeness (QED) is 0.530. The number of hydrogen-bond donors (Lipinski definition) is 1. The molecule has 5 heteroatoms. The lowest BCUT2D eigenvalue weighted by atomic mass is 10.0. The van der Waals surface area contributed by atoms with Gasteiger partial charge in [-0.25, -0.2) is 0 Å². The van der Waals surface area contributed by atoms with Crippen molar-refractivity contribution in [3.8, 4) is 0 Å². The van der Waals surface area contributed by atoms with E-state index in [9.17, 15) is 0 Å². The Balaban J connectivity index is 1.82. The lowest BCUT2D eigenvalue weighted by molar-refractivity contribution is 0.399. The number of rotatable bonds is 11. The van der Waals surface area contributed by atoms with Gasteiger partial charge in [-0.2, -0.15) is 0 Å². The highest BCUT2D eigenvalue weighted by molar-refractivity contribution is 4.76. The van der Waals surface area contributed by atoms with Crippen LogP contribution in [0.5, 0.6) is 0 Å². The van der Waals surface area contributed by atoms with Crippen molar-refractivity contribution < 1.29 is 0 Å². The third-order valence-electron chi connectivity index (χ3n) is 3.37. The van der Waals surface area contributed by atoms with Gasteiger partial charge in [0.1, 0.15) is 0 Å². The molecule has 0 amide bonds. The molecular formula is C13H27N5. The van der Waals surface area contributed by atoms with Crippen LogP contribution in [0, 0.1) is 0 Å². The second-order valence-electron chi connectivity index (χ2n) is 5.19. The van der Waals surface area contributed by atoms with Gasteiger partial charge in [0, 0.05) is 6.42 Å². The Labute approximate surface area is 110 Å². The van der Waals surface area contributed by atoms with Gasteiger partial charge in [-0.05, 0) is 16.9 Å². The van der Waals surface area contributed by atoms with Gasteiger partial charge in [-0.3, -0.25) is 5.73 Å². The van der Waals surface area contributed by atoms with Crippen LogP contribution in [0.25, 0.3) is 0 Å². The highest BCUT2D eigenvalue weighted by atomic mass is 15.6. The van der Waals surface area contributed by atoms with Gasteiger partial charge in [0.05, 0.1) is 0 Å². The SMILES string of the molecule is CCCCCCCCCCCCC1(N)N=NN=N1. The normalized spacial score (nSPS) is 16.6. The lowest BCUT2D eigenvalue weighted by Gasteiger charge is -2.12. The van der Waals surface area contributed by atoms with E-state index in [1.165, 1.54) is 57.8 Å². The summed E-state index contributed by atoms with van der Waals surface area (Å²) in [4.78, 5) is 0. The Morgan fingerprint density at radius 1 is 0.722 bits per heavy atom. The van der Waals surface area contributed by atoms with Crippen molar-refractivity contribution in [2.24, 2.45) is 26.4 Å². The molecule has 0 aliphatic carbocycles. The first-order valence-corrected chi connectivity index (χ1v) is 7.40. The van der Waals surface area contributed by atoms with Gasteiger partial charge >= 0.3 is 0 Å². The number of nitrogens with zero attached hydrogens (tertiary/aromatic N) is 4. The van der Waals surface area contributed by atoms with Crippen molar-refractivity contribution in [1.82, 2.24) is 0 Å². The standard InChI is InChI=1S/C13H27N5/c1-2-3-4-5-6-7-8-9-10-11-12-13(14)15-17-18-16-13/h2-12,14H2,1H3. The molecule has 0 unspecified atom stereocenters. The zero-order chi connectivity index (χ0) is 13.1. The first-order chi connectivity index (χ1) is 8.77. The van der Waals surface area contributed by atoms with Gasteiger partial charge < -0.3 is 0 Å². The predicted molar refractivity (Wildman–Crippen MR) is 73.1 cm³/mol. The summed E-state index contributed by atoms with van der Waals surface area (Å²) < 4.78 is 0. The van der Waals surface area contributed by atoms with Crippen LogP contribution in [0.3, 0.4) is 0 Å². The molecule has 1 aliphatic heterocycles. The Bertz CT molecular complexity index is 250. The van der Waals surface area contributed by atoms with E-state index in [2.05, 4.69) is 27.6 Å². The van der Waals surface area contributed by atoms with Crippen LogP contribution >= 0.6 is 0 Å². The second kappa shape index (κ2) is 9.14. The van der Waals surface area contributed by atoms with Crippen LogP contribution in [-0.2, 0) is 0 Å². The maximum atomic E-state index is 5.85. The maximum Gasteiger partial charge on any atom is 0.244 e. The highest BCUT2D eigenvalue weighted by Crippen LogP contribution is 2.21. The van der Waals surface area contributed by atoms with Crippen molar-refractivity contribution in [3.63, 3.8) is 0 Å². The minimum Gasteiger partial charge on any atom is -0.285 e. The van der Waals surface area contributed by atoms with E-state index < -0.39 is 5.79 Å². The van der Waals surface area contributed by atoms with Crippen LogP contribution in [0.2, 0.25) is 0 Å². The molecule has 0 aromatic carbocycles. The molecule has 0 aromatic rings. The van der Waals surface area contributed by atoms with E-state index in [1.54, 1.807) is 0 Å². The van der Waals surface area contributed by atoms with Gasteiger partial charge in [0.2, 0.25) is 5.79 Å². The van der Waals surface area contributed by atoms with Crippen molar-refractivity contribution in [2.75, 3.05) is 0 Å². The fraction of sp³-hybridized carbons (Fsp3) is 1.00. The van der Waals surface area contributed by atoms with Gasteiger partial charge in [-0.15, -0.1) is 10.2 Å². The molecule has 0 radical (unpaired) electrons. The summed E-state index contributed by atoms with van der Waals surface area (Å²) in [5.41, 5.74) is 5.85. The van der Waals surface area contributed by atoms with E-state index in [4.69, 9.17) is 5.73 Å². The summed E-state index contributed by atoms with van der Waals surface area (Å²) in [5, 5.41) is 14.5. The molecule has 1 heterocycles. The van der Waals surface area contributed by atoms with E-state index in [1.807, 2.05) is 0 Å². The summed E-state index contributed by atoms with van der Waals surface area (Å²) in [6, 6.07) is 0. The zero-order valence-corrected chi connectivity index (χ0v) is 11.6. The van der Waals surface area contributed by atoms with Crippen LogP contribution < -0.4 is 5.73 Å². The molecule has 5 nitrogen and oxygen atoms in total. The average Bonchev–Trinajstić information content (AvgIpc) is 2.79. The minimum absolute atomic E-state index is 0.760. The summed E-state index contributed by atoms with van der Waals surface area (Å²) in [6.07, 6.45) is 13.9. The van der Waals surface area contributed by atoms with E-state index in [0.29, 0.717) is 0 Å². The van der Waals surface area contributed by atoms with E-state index >= 15 is 0 Å². The third kappa shape index (κ3) is 6.79. The fourth-order valence-electron chi connectivity index (χ4n) is 2.19. The fourth-order valence-corrected chi connectivity index (χ4v) is 2.19. The molecule has 18 heavy (non-hydrogen) atoms. The Morgan fingerprint density at radius 3 is 1.67 bits per heavy atom. The summed E-state index contributed by atoms with van der Waals surface area (Å²) in [6.45, 7) is 2.26. The highest BCUT2D eigenvalue weighted by Gasteiger charge is 2.26. The molecule has 104 valence electrons. The molecule has 0 aromatic heterocycles. The van der Waals surface area contributed by atoms with E-state index in [0.717, 1.165) is 12.8 Å². The zero-order valence-electron chi connectivity index (χ0n) is 11.6. The first-order valence-electron chi connectivity index (χ1n) is 7.40. The molecule has 0 spiro atoms. The summed E-state index contributed by atoms with van der Waals surface area (Å²) in [5.74, 6) is -0.847. The number of hydrogen-bond acceptors (Lipinski definition) is 5. The van der Waals surface area contributed by atoms with Crippen molar-refractivity contribution in [2.45, 2.75) is 83.3 Å². The largest absolute Gasteiger partial charge is 0.285 e. The van der Waals surface area contributed by atoms with Crippen LogP contribution in [0.15, 0.2) is 20.7 Å². The monoisotopic (exact) mass is 253 g/mol. The number of unbranched alkanes of at least 4 members (excludes halogenated alkanes) is 9. The Kier molecular flexibility index (Phi) is 7.73. The summed E-state index contributed by atoms with van der Waals surface area (Å²) in [7, 11) is 0. The van der Waals surface area contributed by atoms with Gasteiger partial charge in [0.15, 0.2) is 0 Å². The second-order valence-corrected chi connectivity index (χ2v) is 5.19. The van der Waals surface area contributed by atoms with Crippen LogP contribution in [0.4, 0.5) is 0 Å². The minimum atomic E-state index is -0.847. The van der Waals surface area contributed by atoms with Crippen molar-refractivity contribution in [1.29, 1.82) is 0 Å². The lowest BCUT2D eigenvalue weighted by Crippen LogP contribution is -2.32. The smallest absolute Gasteiger partial charge is 0.244 e. The molecule has 0 saturated carbocycles. The molecule has 0 fully saturated rings. The van der Waals surface area contributed by atoms with Crippen LogP contribution in [0.1, 0.15) is 77.6 Å². The Morgan fingerprint density at radius 2 is 1.17 bits per heavy atom. The summed E-state index contributed by atoms with van der Waals surface area (Å²) >= 11 is 0. The van der Waals surface area contributed by atoms with Gasteiger partial charge in [0.25, 0.3) is 0 Å². The molecule has 1 rings (SSSR count). The maximum absolute atomic E-state index is 5.85.